The van der Waals surface area contributed by atoms with Crippen LogP contribution in [-0.2, 0) is 0 Å². The summed E-state index contributed by atoms with van der Waals surface area (Å²) in [6, 6.07) is 9.40. The van der Waals surface area contributed by atoms with Crippen molar-refractivity contribution in [1.82, 2.24) is 4.90 Å². The first-order valence-electron chi connectivity index (χ1n) is 4.90. The van der Waals surface area contributed by atoms with E-state index >= 15 is 0 Å². The van der Waals surface area contributed by atoms with Gasteiger partial charge in [-0.25, -0.2) is 0 Å². The van der Waals surface area contributed by atoms with Crippen LogP contribution >= 0.6 is 0 Å². The van der Waals surface area contributed by atoms with E-state index in [0.717, 1.165) is 24.9 Å². The van der Waals surface area contributed by atoms with Crippen molar-refractivity contribution in [2.24, 2.45) is 0 Å². The van der Waals surface area contributed by atoms with Crippen LogP contribution in [0.15, 0.2) is 42.6 Å². The van der Waals surface area contributed by atoms with Crippen LogP contribution in [0.5, 0.6) is 0 Å². The van der Waals surface area contributed by atoms with Crippen LogP contribution in [-0.4, -0.2) is 17.4 Å². The van der Waals surface area contributed by atoms with Gasteiger partial charge in [-0.3, -0.25) is 4.79 Å². The van der Waals surface area contributed by atoms with Crippen molar-refractivity contribution < 1.29 is 4.79 Å². The molecule has 0 saturated heterocycles. The van der Waals surface area contributed by atoms with Crippen LogP contribution in [0.1, 0.15) is 23.2 Å². The summed E-state index contributed by atoms with van der Waals surface area (Å²) in [7, 11) is 0. The summed E-state index contributed by atoms with van der Waals surface area (Å²) in [6.45, 7) is 0.838. The highest BCUT2D eigenvalue weighted by Crippen LogP contribution is 2.10. The maximum Gasteiger partial charge on any atom is 0.257 e. The lowest BCUT2D eigenvalue weighted by Crippen LogP contribution is -2.28. The van der Waals surface area contributed by atoms with Crippen molar-refractivity contribution in [2.75, 3.05) is 6.54 Å². The summed E-state index contributed by atoms with van der Waals surface area (Å²) in [5.74, 6) is 0.0987. The van der Waals surface area contributed by atoms with Gasteiger partial charge in [0.15, 0.2) is 0 Å². The number of allylic oxidation sites excluding steroid dienone is 1. The Morgan fingerprint density at radius 1 is 1.21 bits per heavy atom. The monoisotopic (exact) mass is 187 g/mol. The van der Waals surface area contributed by atoms with Gasteiger partial charge in [0, 0.05) is 18.3 Å². The lowest BCUT2D eigenvalue weighted by Gasteiger charge is -2.21. The average molecular weight is 187 g/mol. The number of carbonyl (C=O) groups excluding carboxylic acids is 1. The number of hydrogen-bond acceptors (Lipinski definition) is 1. The van der Waals surface area contributed by atoms with Gasteiger partial charge in [0.1, 0.15) is 0 Å². The molecule has 0 unspecified atom stereocenters. The smallest absolute Gasteiger partial charge is 0.257 e. The Labute approximate surface area is 83.8 Å². The Kier molecular flexibility index (Phi) is 2.63. The molecule has 72 valence electrons. The first-order valence-corrected chi connectivity index (χ1v) is 4.90. The Morgan fingerprint density at radius 2 is 2.00 bits per heavy atom. The maximum absolute atomic E-state index is 11.9. The lowest BCUT2D eigenvalue weighted by molar-refractivity contribution is 0.0815. The second-order valence-corrected chi connectivity index (χ2v) is 3.39. The topological polar surface area (TPSA) is 20.3 Å². The Morgan fingerprint density at radius 3 is 2.64 bits per heavy atom. The third kappa shape index (κ3) is 1.84. The van der Waals surface area contributed by atoms with E-state index in [1.807, 2.05) is 42.6 Å². The summed E-state index contributed by atoms with van der Waals surface area (Å²) in [5, 5.41) is 0. The van der Waals surface area contributed by atoms with Gasteiger partial charge in [0.25, 0.3) is 5.91 Å². The number of hydrogen-bond donors (Lipinski definition) is 0. The molecule has 1 aliphatic heterocycles. The SMILES string of the molecule is O=C(c1ccccc1)N1C=CCCC1. The zero-order valence-corrected chi connectivity index (χ0v) is 8.02. The maximum atomic E-state index is 11.9. The van der Waals surface area contributed by atoms with Gasteiger partial charge in [-0.2, -0.15) is 0 Å². The average Bonchev–Trinajstić information content (AvgIpc) is 2.30. The molecule has 2 nitrogen and oxygen atoms in total. The lowest BCUT2D eigenvalue weighted by atomic mass is 10.1. The third-order valence-electron chi connectivity index (χ3n) is 2.34. The summed E-state index contributed by atoms with van der Waals surface area (Å²) in [6.07, 6.45) is 6.08. The minimum atomic E-state index is 0.0987. The first-order chi connectivity index (χ1) is 6.88. The van der Waals surface area contributed by atoms with Crippen molar-refractivity contribution >= 4 is 5.91 Å². The second-order valence-electron chi connectivity index (χ2n) is 3.39. The van der Waals surface area contributed by atoms with Crippen molar-refractivity contribution in [2.45, 2.75) is 12.8 Å². The van der Waals surface area contributed by atoms with Gasteiger partial charge in [-0.05, 0) is 25.0 Å². The van der Waals surface area contributed by atoms with Gasteiger partial charge in [0.05, 0.1) is 0 Å². The highest BCUT2D eigenvalue weighted by molar-refractivity contribution is 5.94. The van der Waals surface area contributed by atoms with E-state index in [4.69, 9.17) is 0 Å². The molecule has 0 saturated carbocycles. The second kappa shape index (κ2) is 4.09. The van der Waals surface area contributed by atoms with Crippen molar-refractivity contribution in [1.29, 1.82) is 0 Å². The van der Waals surface area contributed by atoms with E-state index in [0.29, 0.717) is 0 Å². The molecule has 1 aromatic rings. The fourth-order valence-electron chi connectivity index (χ4n) is 1.57. The molecule has 0 fully saturated rings. The molecule has 0 radical (unpaired) electrons. The fraction of sp³-hybridized carbons (Fsp3) is 0.250. The Hall–Kier alpha value is -1.57. The normalized spacial score (nSPS) is 15.6. The van der Waals surface area contributed by atoms with Crippen molar-refractivity contribution in [3.63, 3.8) is 0 Å². The number of nitrogens with zero attached hydrogens (tertiary/aromatic N) is 1. The number of amides is 1. The van der Waals surface area contributed by atoms with Gasteiger partial charge >= 0.3 is 0 Å². The van der Waals surface area contributed by atoms with E-state index in [1.165, 1.54) is 0 Å². The molecule has 0 bridgehead atoms. The molecule has 2 rings (SSSR count). The molecule has 1 aliphatic rings. The van der Waals surface area contributed by atoms with Crippen LogP contribution < -0.4 is 0 Å². The van der Waals surface area contributed by atoms with E-state index in [9.17, 15) is 4.79 Å². The molecule has 1 heterocycles. The minimum Gasteiger partial charge on any atom is -0.315 e. The first kappa shape index (κ1) is 9.00. The number of benzene rings is 1. The molecule has 14 heavy (non-hydrogen) atoms. The van der Waals surface area contributed by atoms with Gasteiger partial charge in [-0.1, -0.05) is 24.3 Å². The quantitative estimate of drug-likeness (QED) is 0.661. The van der Waals surface area contributed by atoms with E-state index in [2.05, 4.69) is 0 Å². The molecule has 1 aromatic carbocycles. The predicted molar refractivity (Wildman–Crippen MR) is 55.9 cm³/mol. The van der Waals surface area contributed by atoms with E-state index < -0.39 is 0 Å². The van der Waals surface area contributed by atoms with Gasteiger partial charge in [-0.15, -0.1) is 0 Å². The summed E-state index contributed by atoms with van der Waals surface area (Å²) in [5.41, 5.74) is 0.763. The third-order valence-corrected chi connectivity index (χ3v) is 2.34. The highest BCUT2D eigenvalue weighted by Gasteiger charge is 2.13. The van der Waals surface area contributed by atoms with Gasteiger partial charge < -0.3 is 4.90 Å². The molecule has 0 aromatic heterocycles. The van der Waals surface area contributed by atoms with Crippen molar-refractivity contribution in [3.8, 4) is 0 Å². The zero-order valence-electron chi connectivity index (χ0n) is 8.02. The molecule has 1 amide bonds. The number of rotatable bonds is 1. The van der Waals surface area contributed by atoms with E-state index in [-0.39, 0.29) is 5.91 Å². The van der Waals surface area contributed by atoms with Crippen LogP contribution in [0.25, 0.3) is 0 Å². The largest absolute Gasteiger partial charge is 0.315 e. The minimum absolute atomic E-state index is 0.0987. The molecule has 2 heteroatoms. The van der Waals surface area contributed by atoms with E-state index in [1.54, 1.807) is 4.90 Å². The summed E-state index contributed by atoms with van der Waals surface area (Å²) >= 11 is 0. The Balaban J connectivity index is 2.16. The predicted octanol–water partition coefficient (Wildman–Crippen LogP) is 2.44. The van der Waals surface area contributed by atoms with Crippen LogP contribution in [0.4, 0.5) is 0 Å². The van der Waals surface area contributed by atoms with Crippen LogP contribution in [0, 0.1) is 0 Å². The zero-order chi connectivity index (χ0) is 9.80. The van der Waals surface area contributed by atoms with Crippen LogP contribution in [0.2, 0.25) is 0 Å². The fourth-order valence-corrected chi connectivity index (χ4v) is 1.57. The molecule has 0 spiro atoms. The standard InChI is InChI=1S/C12H13NO/c14-12(11-7-3-1-4-8-11)13-9-5-2-6-10-13/h1,3-5,7-9H,2,6,10H2. The molecule has 0 atom stereocenters. The molecular formula is C12H13NO. The molecular weight excluding hydrogens is 174 g/mol. The van der Waals surface area contributed by atoms with Gasteiger partial charge in [0.2, 0.25) is 0 Å². The Bertz CT molecular complexity index is 343. The summed E-state index contributed by atoms with van der Waals surface area (Å²) in [4.78, 5) is 13.7. The summed E-state index contributed by atoms with van der Waals surface area (Å²) < 4.78 is 0. The number of carbonyl (C=O) groups is 1. The van der Waals surface area contributed by atoms with Crippen LogP contribution in [0.3, 0.4) is 0 Å². The van der Waals surface area contributed by atoms with Crippen molar-refractivity contribution in [3.05, 3.63) is 48.2 Å². The highest BCUT2D eigenvalue weighted by atomic mass is 16.2. The molecule has 0 N–H and O–H groups in total. The molecule has 0 aliphatic carbocycles.